The van der Waals surface area contributed by atoms with E-state index in [9.17, 15) is 4.79 Å². The number of carbonyl (C=O) groups is 1. The normalized spacial score (nSPS) is 20.6. The van der Waals surface area contributed by atoms with Crippen molar-refractivity contribution >= 4 is 21.8 Å². The number of rotatable bonds is 3. The van der Waals surface area contributed by atoms with Crippen LogP contribution in [0.5, 0.6) is 5.75 Å². The van der Waals surface area contributed by atoms with Crippen molar-refractivity contribution in [1.29, 1.82) is 0 Å². The van der Waals surface area contributed by atoms with E-state index in [0.717, 1.165) is 36.0 Å². The van der Waals surface area contributed by atoms with E-state index in [1.54, 1.807) is 13.2 Å². The highest BCUT2D eigenvalue weighted by molar-refractivity contribution is 9.10. The molecule has 0 bridgehead atoms. The van der Waals surface area contributed by atoms with Crippen molar-refractivity contribution < 1.29 is 9.53 Å². The molecule has 5 heteroatoms. The van der Waals surface area contributed by atoms with Crippen molar-refractivity contribution in [3.8, 4) is 5.75 Å². The summed E-state index contributed by atoms with van der Waals surface area (Å²) in [5, 5.41) is 0. The first kappa shape index (κ1) is 15.3. The fraction of sp³-hybridized carbons (Fsp3) is 0.533. The molecule has 1 saturated heterocycles. The lowest BCUT2D eigenvalue weighted by atomic mass is 9.96. The number of amides is 1. The van der Waals surface area contributed by atoms with E-state index in [2.05, 4.69) is 15.9 Å². The van der Waals surface area contributed by atoms with Crippen LogP contribution in [-0.4, -0.2) is 36.5 Å². The molecule has 0 aromatic heterocycles. The minimum absolute atomic E-state index is 0.000869. The molecule has 1 aliphatic rings. The van der Waals surface area contributed by atoms with E-state index >= 15 is 0 Å². The molecule has 4 nitrogen and oxygen atoms in total. The largest absolute Gasteiger partial charge is 0.496 e. The van der Waals surface area contributed by atoms with E-state index in [1.807, 2.05) is 24.0 Å². The first-order valence-corrected chi connectivity index (χ1v) is 7.74. The molecule has 1 heterocycles. The summed E-state index contributed by atoms with van der Waals surface area (Å²) in [7, 11) is 1.61. The molecule has 0 aliphatic carbocycles. The van der Waals surface area contributed by atoms with Crippen molar-refractivity contribution in [2.24, 2.45) is 5.73 Å². The second kappa shape index (κ2) is 6.59. The highest BCUT2D eigenvalue weighted by Gasteiger charge is 2.29. The molecule has 0 spiro atoms. The molecule has 0 radical (unpaired) electrons. The Morgan fingerprint density at radius 2 is 2.25 bits per heavy atom. The molecule has 20 heavy (non-hydrogen) atoms. The number of carbonyl (C=O) groups excluding carboxylic acids is 1. The van der Waals surface area contributed by atoms with Gasteiger partial charge in [-0.25, -0.2) is 0 Å². The number of likely N-dealkylation sites (tertiary alicyclic amines) is 1. The van der Waals surface area contributed by atoms with Crippen LogP contribution < -0.4 is 10.5 Å². The molecule has 1 aromatic rings. The molecular formula is C15H21BrN2O2. The monoisotopic (exact) mass is 340 g/mol. The molecule has 0 saturated carbocycles. The predicted octanol–water partition coefficient (Wildman–Crippen LogP) is 2.80. The summed E-state index contributed by atoms with van der Waals surface area (Å²) in [6, 6.07) is 5.56. The van der Waals surface area contributed by atoms with Gasteiger partial charge in [0.05, 0.1) is 11.6 Å². The summed E-state index contributed by atoms with van der Waals surface area (Å²) in [5.74, 6) is 0.777. The maximum absolute atomic E-state index is 12.7. The number of nitrogens with zero attached hydrogens (tertiary/aromatic N) is 1. The minimum Gasteiger partial charge on any atom is -0.496 e. The van der Waals surface area contributed by atoms with E-state index in [1.165, 1.54) is 0 Å². The van der Waals surface area contributed by atoms with Gasteiger partial charge in [-0.3, -0.25) is 4.79 Å². The Kier molecular flexibility index (Phi) is 5.05. The molecular weight excluding hydrogens is 320 g/mol. The minimum atomic E-state index is 0.000869. The molecule has 2 N–H and O–H groups in total. The number of ether oxygens (including phenoxy) is 1. The lowest BCUT2D eigenvalue weighted by Gasteiger charge is -2.38. The third-order valence-corrected chi connectivity index (χ3v) is 4.44. The van der Waals surface area contributed by atoms with Crippen LogP contribution in [0.2, 0.25) is 0 Å². The SMILES string of the molecule is COc1ccc(C(=O)N2CCCCC2C(C)N)cc1Br. The molecule has 2 atom stereocenters. The summed E-state index contributed by atoms with van der Waals surface area (Å²) in [6.45, 7) is 2.76. The lowest BCUT2D eigenvalue weighted by Crippen LogP contribution is -2.51. The van der Waals surface area contributed by atoms with Crippen LogP contribution in [0.15, 0.2) is 22.7 Å². The van der Waals surface area contributed by atoms with Crippen LogP contribution in [0.3, 0.4) is 0 Å². The van der Waals surface area contributed by atoms with Crippen LogP contribution in [0.4, 0.5) is 0 Å². The molecule has 2 rings (SSSR count). The van der Waals surface area contributed by atoms with Gasteiger partial charge in [0, 0.05) is 24.2 Å². The number of nitrogens with two attached hydrogens (primary N) is 1. The number of methoxy groups -OCH3 is 1. The third kappa shape index (κ3) is 3.15. The second-order valence-corrected chi connectivity index (χ2v) is 6.12. The highest BCUT2D eigenvalue weighted by Crippen LogP contribution is 2.27. The van der Waals surface area contributed by atoms with Gasteiger partial charge < -0.3 is 15.4 Å². The average molecular weight is 341 g/mol. The number of benzene rings is 1. The summed E-state index contributed by atoms with van der Waals surface area (Å²) in [4.78, 5) is 14.6. The fourth-order valence-corrected chi connectivity index (χ4v) is 3.26. The fourth-order valence-electron chi connectivity index (χ4n) is 2.72. The lowest BCUT2D eigenvalue weighted by molar-refractivity contribution is 0.0583. The molecule has 1 aliphatic heterocycles. The highest BCUT2D eigenvalue weighted by atomic mass is 79.9. The number of hydrogen-bond acceptors (Lipinski definition) is 3. The smallest absolute Gasteiger partial charge is 0.254 e. The van der Waals surface area contributed by atoms with Crippen LogP contribution >= 0.6 is 15.9 Å². The molecule has 2 unspecified atom stereocenters. The van der Waals surface area contributed by atoms with Gasteiger partial charge in [-0.15, -0.1) is 0 Å². The molecule has 1 fully saturated rings. The van der Waals surface area contributed by atoms with Crippen LogP contribution in [-0.2, 0) is 0 Å². The number of piperidine rings is 1. The van der Waals surface area contributed by atoms with Crippen molar-refractivity contribution in [1.82, 2.24) is 4.90 Å². The van der Waals surface area contributed by atoms with E-state index in [-0.39, 0.29) is 18.0 Å². The Labute approximate surface area is 128 Å². The van der Waals surface area contributed by atoms with Crippen molar-refractivity contribution in [2.45, 2.75) is 38.3 Å². The van der Waals surface area contributed by atoms with Gasteiger partial charge in [0.2, 0.25) is 0 Å². The van der Waals surface area contributed by atoms with Gasteiger partial charge >= 0.3 is 0 Å². The Morgan fingerprint density at radius 3 is 2.85 bits per heavy atom. The van der Waals surface area contributed by atoms with Gasteiger partial charge in [0.1, 0.15) is 5.75 Å². The Balaban J connectivity index is 2.23. The predicted molar refractivity (Wildman–Crippen MR) is 83.0 cm³/mol. The zero-order valence-corrected chi connectivity index (χ0v) is 13.5. The Morgan fingerprint density at radius 1 is 1.50 bits per heavy atom. The summed E-state index contributed by atoms with van der Waals surface area (Å²) in [5.41, 5.74) is 6.70. The zero-order valence-electron chi connectivity index (χ0n) is 11.9. The summed E-state index contributed by atoms with van der Waals surface area (Å²) in [6.07, 6.45) is 3.18. The third-order valence-electron chi connectivity index (χ3n) is 3.82. The Hall–Kier alpha value is -1.07. The maximum atomic E-state index is 12.7. The van der Waals surface area contributed by atoms with Gasteiger partial charge in [-0.2, -0.15) is 0 Å². The topological polar surface area (TPSA) is 55.6 Å². The average Bonchev–Trinajstić information content (AvgIpc) is 2.46. The maximum Gasteiger partial charge on any atom is 0.254 e. The van der Waals surface area contributed by atoms with E-state index in [4.69, 9.17) is 10.5 Å². The van der Waals surface area contributed by atoms with Crippen LogP contribution in [0.1, 0.15) is 36.5 Å². The van der Waals surface area contributed by atoms with Crippen molar-refractivity contribution in [2.75, 3.05) is 13.7 Å². The van der Waals surface area contributed by atoms with E-state index in [0.29, 0.717) is 5.56 Å². The van der Waals surface area contributed by atoms with Crippen LogP contribution in [0.25, 0.3) is 0 Å². The van der Waals surface area contributed by atoms with Crippen molar-refractivity contribution in [3.05, 3.63) is 28.2 Å². The molecule has 1 amide bonds. The second-order valence-electron chi connectivity index (χ2n) is 5.27. The standard InChI is InChI=1S/C15H21BrN2O2/c1-10(17)13-5-3-4-8-18(13)15(19)11-6-7-14(20-2)12(16)9-11/h6-7,9-10,13H,3-5,8,17H2,1-2H3. The van der Waals surface area contributed by atoms with Gasteiger partial charge in [-0.05, 0) is 60.3 Å². The molecule has 110 valence electrons. The van der Waals surface area contributed by atoms with Gasteiger partial charge in [0.25, 0.3) is 5.91 Å². The zero-order chi connectivity index (χ0) is 14.7. The molecule has 1 aromatic carbocycles. The summed E-state index contributed by atoms with van der Waals surface area (Å²) >= 11 is 3.42. The van der Waals surface area contributed by atoms with Crippen LogP contribution in [0, 0.1) is 0 Å². The van der Waals surface area contributed by atoms with Gasteiger partial charge in [0.15, 0.2) is 0 Å². The Bertz CT molecular complexity index is 491. The summed E-state index contributed by atoms with van der Waals surface area (Å²) < 4.78 is 5.98. The number of halogens is 1. The van der Waals surface area contributed by atoms with Crippen molar-refractivity contribution in [3.63, 3.8) is 0 Å². The van der Waals surface area contributed by atoms with E-state index < -0.39 is 0 Å². The number of hydrogen-bond donors (Lipinski definition) is 1. The quantitative estimate of drug-likeness (QED) is 0.920. The first-order valence-electron chi connectivity index (χ1n) is 6.94. The first-order chi connectivity index (χ1) is 9.54. The van der Waals surface area contributed by atoms with Gasteiger partial charge in [-0.1, -0.05) is 0 Å².